The van der Waals surface area contributed by atoms with Crippen LogP contribution in [0.1, 0.15) is 43.0 Å². The van der Waals surface area contributed by atoms with Crippen molar-refractivity contribution in [2.45, 2.75) is 38.8 Å². The van der Waals surface area contributed by atoms with E-state index in [9.17, 15) is 4.79 Å². The predicted octanol–water partition coefficient (Wildman–Crippen LogP) is 4.29. The molecule has 0 aliphatic carbocycles. The van der Waals surface area contributed by atoms with E-state index < -0.39 is 0 Å². The van der Waals surface area contributed by atoms with Crippen molar-refractivity contribution in [2.75, 3.05) is 7.11 Å². The highest BCUT2D eigenvalue weighted by molar-refractivity contribution is 6.30. The number of benzene rings is 2. The van der Waals surface area contributed by atoms with E-state index in [1.165, 1.54) is 0 Å². The van der Waals surface area contributed by atoms with Crippen LogP contribution in [0.15, 0.2) is 36.4 Å². The van der Waals surface area contributed by atoms with Gasteiger partial charge >= 0.3 is 0 Å². The third-order valence-electron chi connectivity index (χ3n) is 4.50. The Hall–Kier alpha value is -2.20. The van der Waals surface area contributed by atoms with Gasteiger partial charge in [0.2, 0.25) is 5.91 Å². The second kappa shape index (κ2) is 7.36. The molecule has 0 radical (unpaired) electrons. The summed E-state index contributed by atoms with van der Waals surface area (Å²) in [6, 6.07) is 11.2. The molecule has 4 nitrogen and oxygen atoms in total. The van der Waals surface area contributed by atoms with Gasteiger partial charge in [-0.25, -0.2) is 0 Å². The van der Waals surface area contributed by atoms with E-state index in [-0.39, 0.29) is 18.1 Å². The van der Waals surface area contributed by atoms with Crippen molar-refractivity contribution in [2.24, 2.45) is 0 Å². The van der Waals surface area contributed by atoms with Crippen LogP contribution in [-0.4, -0.2) is 19.1 Å². The van der Waals surface area contributed by atoms with Crippen LogP contribution in [0.4, 0.5) is 0 Å². The minimum atomic E-state index is -0.223. The smallest absolute Gasteiger partial charge is 0.225 e. The maximum absolute atomic E-state index is 12.2. The molecular formula is C20H22ClNO3. The first kappa shape index (κ1) is 17.6. The lowest BCUT2D eigenvalue weighted by atomic mass is 9.89. The molecule has 0 spiro atoms. The molecule has 132 valence electrons. The molecule has 1 aliphatic rings. The summed E-state index contributed by atoms with van der Waals surface area (Å²) in [6.07, 6.45) is 1.32. The van der Waals surface area contributed by atoms with Gasteiger partial charge in [-0.05, 0) is 54.3 Å². The first-order valence-electron chi connectivity index (χ1n) is 8.44. The minimum absolute atomic E-state index is 0.00917. The van der Waals surface area contributed by atoms with E-state index in [2.05, 4.69) is 12.2 Å². The number of halogens is 1. The average Bonchev–Trinajstić information content (AvgIpc) is 2.61. The maximum Gasteiger partial charge on any atom is 0.225 e. The summed E-state index contributed by atoms with van der Waals surface area (Å²) in [6.45, 7) is 4.10. The topological polar surface area (TPSA) is 47.6 Å². The van der Waals surface area contributed by atoms with Crippen LogP contribution in [0.2, 0.25) is 5.02 Å². The average molecular weight is 360 g/mol. The fourth-order valence-electron chi connectivity index (χ4n) is 2.97. The van der Waals surface area contributed by atoms with Gasteiger partial charge in [0.25, 0.3) is 0 Å². The number of rotatable bonds is 5. The van der Waals surface area contributed by atoms with Gasteiger partial charge in [-0.2, -0.15) is 0 Å². The number of hydrogen-bond acceptors (Lipinski definition) is 3. The van der Waals surface area contributed by atoms with Gasteiger partial charge < -0.3 is 14.8 Å². The molecule has 0 saturated carbocycles. The number of fused-ring (bicyclic) bond motifs is 1. The Morgan fingerprint density at radius 3 is 2.60 bits per heavy atom. The van der Waals surface area contributed by atoms with Crippen molar-refractivity contribution < 1.29 is 14.3 Å². The molecule has 0 aromatic heterocycles. The first-order chi connectivity index (χ1) is 12.0. The third kappa shape index (κ3) is 3.74. The molecule has 1 heterocycles. The van der Waals surface area contributed by atoms with Crippen molar-refractivity contribution in [1.29, 1.82) is 0 Å². The minimum Gasteiger partial charge on any atom is -0.493 e. The summed E-state index contributed by atoms with van der Waals surface area (Å²) in [7, 11) is 1.62. The fourth-order valence-corrected chi connectivity index (χ4v) is 3.10. The van der Waals surface area contributed by atoms with E-state index in [4.69, 9.17) is 21.1 Å². The second-order valence-corrected chi connectivity index (χ2v) is 6.70. The highest BCUT2D eigenvalue weighted by Crippen LogP contribution is 2.38. The zero-order valence-corrected chi connectivity index (χ0v) is 15.4. The van der Waals surface area contributed by atoms with Gasteiger partial charge in [0, 0.05) is 5.02 Å². The SMILES string of the molecule is CCC(C)Oc1cc2c(cc1OC)CC(=O)NC2c1ccc(Cl)cc1. The summed E-state index contributed by atoms with van der Waals surface area (Å²) in [4.78, 5) is 12.2. The summed E-state index contributed by atoms with van der Waals surface area (Å²) in [5.74, 6) is 1.35. The second-order valence-electron chi connectivity index (χ2n) is 6.27. The quantitative estimate of drug-likeness (QED) is 0.866. The zero-order valence-electron chi connectivity index (χ0n) is 14.6. The molecule has 3 rings (SSSR count). The molecule has 1 aliphatic heterocycles. The number of methoxy groups -OCH3 is 1. The summed E-state index contributed by atoms with van der Waals surface area (Å²) < 4.78 is 11.5. The van der Waals surface area contributed by atoms with Crippen LogP contribution in [-0.2, 0) is 11.2 Å². The third-order valence-corrected chi connectivity index (χ3v) is 4.75. The fraction of sp³-hybridized carbons (Fsp3) is 0.350. The van der Waals surface area contributed by atoms with Gasteiger partial charge in [0.15, 0.2) is 11.5 Å². The summed E-state index contributed by atoms with van der Waals surface area (Å²) in [5, 5.41) is 3.73. The number of ether oxygens (including phenoxy) is 2. The molecule has 2 aromatic rings. The Morgan fingerprint density at radius 1 is 1.24 bits per heavy atom. The highest BCUT2D eigenvalue weighted by atomic mass is 35.5. The molecule has 2 atom stereocenters. The summed E-state index contributed by atoms with van der Waals surface area (Å²) in [5.41, 5.74) is 2.97. The van der Waals surface area contributed by atoms with Crippen LogP contribution < -0.4 is 14.8 Å². The van der Waals surface area contributed by atoms with Crippen LogP contribution in [0, 0.1) is 0 Å². The van der Waals surface area contributed by atoms with Crippen LogP contribution in [0.5, 0.6) is 11.5 Å². The Labute approximate surface area is 153 Å². The molecule has 1 amide bonds. The standard InChI is InChI=1S/C20H22ClNO3/c1-4-12(2)25-18-11-16-14(9-17(18)24-3)10-19(23)22-20(16)13-5-7-15(21)8-6-13/h5-9,11-12,20H,4,10H2,1-3H3,(H,22,23). The molecule has 0 saturated heterocycles. The van der Waals surface area contributed by atoms with Crippen molar-refractivity contribution in [3.8, 4) is 11.5 Å². The normalized spacial score (nSPS) is 17.4. The number of carbonyl (C=O) groups is 1. The monoisotopic (exact) mass is 359 g/mol. The maximum atomic E-state index is 12.2. The lowest BCUT2D eigenvalue weighted by Crippen LogP contribution is -2.36. The lowest BCUT2D eigenvalue weighted by molar-refractivity contribution is -0.121. The van der Waals surface area contributed by atoms with E-state index >= 15 is 0 Å². The molecule has 25 heavy (non-hydrogen) atoms. The van der Waals surface area contributed by atoms with Gasteiger partial charge in [0.1, 0.15) is 0 Å². The molecule has 1 N–H and O–H groups in total. The van der Waals surface area contributed by atoms with Crippen molar-refractivity contribution in [1.82, 2.24) is 5.32 Å². The number of amides is 1. The number of nitrogens with one attached hydrogen (secondary N) is 1. The van der Waals surface area contributed by atoms with E-state index in [0.717, 1.165) is 23.1 Å². The Kier molecular flexibility index (Phi) is 5.19. The van der Waals surface area contributed by atoms with Crippen LogP contribution in [0.25, 0.3) is 0 Å². The highest BCUT2D eigenvalue weighted by Gasteiger charge is 2.28. The molecule has 2 aromatic carbocycles. The Bertz CT molecular complexity index is 773. The Morgan fingerprint density at radius 2 is 1.96 bits per heavy atom. The van der Waals surface area contributed by atoms with Gasteiger partial charge in [-0.15, -0.1) is 0 Å². The zero-order chi connectivity index (χ0) is 18.0. The van der Waals surface area contributed by atoms with E-state index in [1.807, 2.05) is 43.3 Å². The molecule has 5 heteroatoms. The van der Waals surface area contributed by atoms with E-state index in [1.54, 1.807) is 7.11 Å². The lowest BCUT2D eigenvalue weighted by Gasteiger charge is -2.29. The number of carbonyl (C=O) groups excluding carboxylic acids is 1. The van der Waals surface area contributed by atoms with Crippen molar-refractivity contribution in [3.05, 3.63) is 58.1 Å². The van der Waals surface area contributed by atoms with Crippen molar-refractivity contribution in [3.63, 3.8) is 0 Å². The Balaban J connectivity index is 2.06. The number of hydrogen-bond donors (Lipinski definition) is 1. The summed E-state index contributed by atoms with van der Waals surface area (Å²) >= 11 is 5.99. The first-order valence-corrected chi connectivity index (χ1v) is 8.82. The van der Waals surface area contributed by atoms with E-state index in [0.29, 0.717) is 22.9 Å². The van der Waals surface area contributed by atoms with Crippen LogP contribution in [0.3, 0.4) is 0 Å². The molecule has 0 bridgehead atoms. The van der Waals surface area contributed by atoms with Gasteiger partial charge in [-0.1, -0.05) is 30.7 Å². The van der Waals surface area contributed by atoms with Crippen molar-refractivity contribution >= 4 is 17.5 Å². The predicted molar refractivity (Wildman–Crippen MR) is 98.5 cm³/mol. The largest absolute Gasteiger partial charge is 0.493 e. The van der Waals surface area contributed by atoms with Gasteiger partial charge in [-0.3, -0.25) is 4.79 Å². The van der Waals surface area contributed by atoms with Crippen LogP contribution >= 0.6 is 11.6 Å². The molecule has 2 unspecified atom stereocenters. The molecular weight excluding hydrogens is 338 g/mol. The van der Waals surface area contributed by atoms with Gasteiger partial charge in [0.05, 0.1) is 25.7 Å². The molecule has 0 fully saturated rings.